The van der Waals surface area contributed by atoms with Crippen LogP contribution in [0.5, 0.6) is 0 Å². The standard InChI is InChI=1S/C29H25N3O3S/c1-4-18-7-6-8-19(5-2)26(18)32-28(34)23-14-11-21(15-24(23)29(32)35)27(33)31-22-12-9-20(10-13-22)25-16-36-17(3)30-25/h6-16H,4-5H2,1-3H3,(H,31,33). The van der Waals surface area contributed by atoms with Gasteiger partial charge in [-0.2, -0.15) is 0 Å². The maximum Gasteiger partial charge on any atom is 0.266 e. The zero-order valence-electron chi connectivity index (χ0n) is 20.3. The Morgan fingerprint density at radius 3 is 2.19 bits per heavy atom. The van der Waals surface area contributed by atoms with Gasteiger partial charge in [-0.1, -0.05) is 44.2 Å². The van der Waals surface area contributed by atoms with Crippen LogP contribution in [0.3, 0.4) is 0 Å². The van der Waals surface area contributed by atoms with Crippen molar-refractivity contribution < 1.29 is 14.4 Å². The Morgan fingerprint density at radius 2 is 1.58 bits per heavy atom. The third-order valence-electron chi connectivity index (χ3n) is 6.39. The first-order chi connectivity index (χ1) is 17.4. The van der Waals surface area contributed by atoms with Crippen molar-refractivity contribution in [1.82, 2.24) is 4.98 Å². The van der Waals surface area contributed by atoms with E-state index in [9.17, 15) is 14.4 Å². The van der Waals surface area contributed by atoms with E-state index in [0.717, 1.165) is 27.4 Å². The fraction of sp³-hybridized carbons (Fsp3) is 0.172. The van der Waals surface area contributed by atoms with Gasteiger partial charge in [-0.15, -0.1) is 11.3 Å². The summed E-state index contributed by atoms with van der Waals surface area (Å²) in [6, 6.07) is 17.9. The van der Waals surface area contributed by atoms with Crippen molar-refractivity contribution in [2.45, 2.75) is 33.6 Å². The molecule has 0 radical (unpaired) electrons. The normalized spacial score (nSPS) is 12.7. The number of hydrogen-bond donors (Lipinski definition) is 1. The average molecular weight is 496 g/mol. The van der Waals surface area contributed by atoms with Crippen LogP contribution in [0.15, 0.2) is 66.0 Å². The minimum absolute atomic E-state index is 0.245. The molecule has 0 atom stereocenters. The van der Waals surface area contributed by atoms with Crippen LogP contribution >= 0.6 is 11.3 Å². The van der Waals surface area contributed by atoms with Gasteiger partial charge in [-0.05, 0) is 61.2 Å². The van der Waals surface area contributed by atoms with Crippen molar-refractivity contribution in [2.24, 2.45) is 0 Å². The van der Waals surface area contributed by atoms with Gasteiger partial charge in [-0.25, -0.2) is 9.88 Å². The monoisotopic (exact) mass is 495 g/mol. The number of carbonyl (C=O) groups excluding carboxylic acids is 3. The molecule has 0 saturated heterocycles. The second-order valence-electron chi connectivity index (χ2n) is 8.62. The zero-order valence-corrected chi connectivity index (χ0v) is 21.1. The number of aryl methyl sites for hydroxylation is 3. The summed E-state index contributed by atoms with van der Waals surface area (Å²) >= 11 is 1.59. The Hall–Kier alpha value is -4.10. The highest BCUT2D eigenvalue weighted by Gasteiger charge is 2.38. The minimum atomic E-state index is -0.400. The van der Waals surface area contributed by atoms with E-state index in [1.807, 2.05) is 68.6 Å². The summed E-state index contributed by atoms with van der Waals surface area (Å²) in [4.78, 5) is 45.4. The van der Waals surface area contributed by atoms with E-state index in [1.165, 1.54) is 11.0 Å². The maximum atomic E-state index is 13.4. The van der Waals surface area contributed by atoms with Crippen molar-refractivity contribution in [2.75, 3.05) is 10.2 Å². The molecule has 3 amide bonds. The number of carbonyl (C=O) groups is 3. The highest BCUT2D eigenvalue weighted by molar-refractivity contribution is 7.09. The zero-order chi connectivity index (χ0) is 25.4. The molecule has 1 aromatic heterocycles. The van der Waals surface area contributed by atoms with Gasteiger partial charge in [0.25, 0.3) is 17.7 Å². The summed E-state index contributed by atoms with van der Waals surface area (Å²) < 4.78 is 0. The maximum absolute atomic E-state index is 13.4. The van der Waals surface area contributed by atoms with Crippen LogP contribution in [0.1, 0.15) is 61.1 Å². The van der Waals surface area contributed by atoms with Crippen molar-refractivity contribution >= 4 is 40.4 Å². The van der Waals surface area contributed by atoms with E-state index in [1.54, 1.807) is 23.5 Å². The molecule has 36 heavy (non-hydrogen) atoms. The van der Waals surface area contributed by atoms with Gasteiger partial charge in [0.1, 0.15) is 0 Å². The third kappa shape index (κ3) is 4.12. The second-order valence-corrected chi connectivity index (χ2v) is 9.68. The Kier molecular flexibility index (Phi) is 6.24. The molecule has 0 spiro atoms. The molecule has 1 aliphatic rings. The number of amides is 3. The molecule has 3 aromatic carbocycles. The van der Waals surface area contributed by atoms with Gasteiger partial charge < -0.3 is 5.32 Å². The van der Waals surface area contributed by atoms with Gasteiger partial charge >= 0.3 is 0 Å². The van der Waals surface area contributed by atoms with Crippen LogP contribution in [0.25, 0.3) is 11.3 Å². The third-order valence-corrected chi connectivity index (χ3v) is 7.17. The Balaban J connectivity index is 1.40. The molecule has 6 nitrogen and oxygen atoms in total. The lowest BCUT2D eigenvalue weighted by molar-refractivity contribution is 0.0925. The summed E-state index contributed by atoms with van der Waals surface area (Å²) in [7, 11) is 0. The summed E-state index contributed by atoms with van der Waals surface area (Å²) in [5.41, 5.74) is 5.92. The number of thiazole rings is 1. The van der Waals surface area contributed by atoms with Crippen LogP contribution in [0.2, 0.25) is 0 Å². The molecule has 0 saturated carbocycles. The van der Waals surface area contributed by atoms with Gasteiger partial charge in [0.05, 0.1) is 27.5 Å². The molecule has 0 bridgehead atoms. The number of benzene rings is 3. The molecule has 1 aliphatic heterocycles. The number of fused-ring (bicyclic) bond motifs is 1. The lowest BCUT2D eigenvalue weighted by atomic mass is 10.0. The molecule has 0 aliphatic carbocycles. The summed E-state index contributed by atoms with van der Waals surface area (Å²) in [5, 5.41) is 5.86. The van der Waals surface area contributed by atoms with Crippen molar-refractivity contribution in [3.8, 4) is 11.3 Å². The number of rotatable bonds is 6. The molecular formula is C29H25N3O3S. The van der Waals surface area contributed by atoms with Gasteiger partial charge in [0.15, 0.2) is 0 Å². The molecule has 0 unspecified atom stereocenters. The van der Waals surface area contributed by atoms with Gasteiger partial charge in [0, 0.05) is 22.2 Å². The van der Waals surface area contributed by atoms with Crippen LogP contribution in [-0.4, -0.2) is 22.7 Å². The average Bonchev–Trinajstić information content (AvgIpc) is 3.44. The number of para-hydroxylation sites is 1. The van der Waals surface area contributed by atoms with E-state index in [2.05, 4.69) is 10.3 Å². The number of anilines is 2. The quantitative estimate of drug-likeness (QED) is 0.319. The summed E-state index contributed by atoms with van der Waals surface area (Å²) in [6.07, 6.45) is 1.40. The van der Waals surface area contributed by atoms with Crippen molar-refractivity contribution in [3.05, 3.63) is 98.9 Å². The molecule has 4 aromatic rings. The largest absolute Gasteiger partial charge is 0.322 e. The Bertz CT molecular complexity index is 1480. The summed E-state index contributed by atoms with van der Waals surface area (Å²) in [5.74, 6) is -1.11. The Morgan fingerprint density at radius 1 is 0.917 bits per heavy atom. The molecule has 2 heterocycles. The van der Waals surface area contributed by atoms with E-state index in [-0.39, 0.29) is 17.4 Å². The van der Waals surface area contributed by atoms with Crippen LogP contribution < -0.4 is 10.2 Å². The topological polar surface area (TPSA) is 79.4 Å². The van der Waals surface area contributed by atoms with E-state index < -0.39 is 5.91 Å². The van der Waals surface area contributed by atoms with Crippen LogP contribution in [-0.2, 0) is 12.8 Å². The number of nitrogens with one attached hydrogen (secondary N) is 1. The molecule has 7 heteroatoms. The smallest absolute Gasteiger partial charge is 0.266 e. The number of imide groups is 1. The number of hydrogen-bond acceptors (Lipinski definition) is 5. The lowest BCUT2D eigenvalue weighted by Crippen LogP contribution is -2.31. The highest BCUT2D eigenvalue weighted by Crippen LogP contribution is 2.35. The number of aromatic nitrogens is 1. The van der Waals surface area contributed by atoms with E-state index in [4.69, 9.17) is 0 Å². The number of nitrogens with zero attached hydrogens (tertiary/aromatic N) is 2. The first-order valence-corrected chi connectivity index (χ1v) is 12.8. The SMILES string of the molecule is CCc1cccc(CC)c1N1C(=O)c2ccc(C(=O)Nc3ccc(-c4csc(C)n4)cc3)cc2C1=O. The Labute approximate surface area is 213 Å². The molecule has 0 fully saturated rings. The first-order valence-electron chi connectivity index (χ1n) is 11.9. The van der Waals surface area contributed by atoms with Gasteiger partial charge in [0.2, 0.25) is 0 Å². The summed E-state index contributed by atoms with van der Waals surface area (Å²) in [6.45, 7) is 5.97. The second kappa shape index (κ2) is 9.51. The molecule has 1 N–H and O–H groups in total. The first kappa shape index (κ1) is 23.6. The predicted molar refractivity (Wildman–Crippen MR) is 143 cm³/mol. The lowest BCUT2D eigenvalue weighted by Gasteiger charge is -2.21. The molecular weight excluding hydrogens is 470 g/mol. The van der Waals surface area contributed by atoms with Crippen molar-refractivity contribution in [3.63, 3.8) is 0 Å². The van der Waals surface area contributed by atoms with E-state index in [0.29, 0.717) is 35.3 Å². The van der Waals surface area contributed by atoms with Crippen LogP contribution in [0, 0.1) is 6.92 Å². The highest BCUT2D eigenvalue weighted by atomic mass is 32.1. The predicted octanol–water partition coefficient (Wildman–Crippen LogP) is 6.30. The molecule has 180 valence electrons. The van der Waals surface area contributed by atoms with E-state index >= 15 is 0 Å². The fourth-order valence-corrected chi connectivity index (χ4v) is 5.13. The minimum Gasteiger partial charge on any atom is -0.322 e. The fourth-order valence-electron chi connectivity index (χ4n) is 4.51. The van der Waals surface area contributed by atoms with Crippen molar-refractivity contribution in [1.29, 1.82) is 0 Å². The van der Waals surface area contributed by atoms with Gasteiger partial charge in [-0.3, -0.25) is 14.4 Å². The molecule has 5 rings (SSSR count). The van der Waals surface area contributed by atoms with Crippen LogP contribution in [0.4, 0.5) is 11.4 Å².